The van der Waals surface area contributed by atoms with E-state index in [9.17, 15) is 0 Å². The second-order valence-electron chi connectivity index (χ2n) is 2.89. The van der Waals surface area contributed by atoms with Crippen LogP contribution in [0.15, 0.2) is 36.9 Å². The van der Waals surface area contributed by atoms with Crippen LogP contribution in [0.2, 0.25) is 0 Å². The average Bonchev–Trinajstić information content (AvgIpc) is 2.69. The predicted molar refractivity (Wildman–Crippen MR) is 53.5 cm³/mol. The van der Waals surface area contributed by atoms with Crippen LogP contribution in [0.5, 0.6) is 0 Å². The van der Waals surface area contributed by atoms with E-state index >= 15 is 0 Å². The summed E-state index contributed by atoms with van der Waals surface area (Å²) in [5.41, 5.74) is 2.18. The number of nitrogens with zero attached hydrogens (tertiary/aromatic N) is 3. The average molecular weight is 183 g/mol. The number of hydrogen-bond donors (Lipinski definition) is 0. The fourth-order valence-electron chi connectivity index (χ4n) is 1.10. The van der Waals surface area contributed by atoms with E-state index in [-0.39, 0.29) is 0 Å². The molecule has 1 heterocycles. The van der Waals surface area contributed by atoms with Crippen molar-refractivity contribution in [1.82, 2.24) is 14.8 Å². The van der Waals surface area contributed by atoms with E-state index < -0.39 is 0 Å². The highest BCUT2D eigenvalue weighted by atomic mass is 15.3. The lowest BCUT2D eigenvalue weighted by atomic mass is 10.1. The third kappa shape index (κ3) is 1.80. The molecule has 0 saturated heterocycles. The molecule has 0 aliphatic heterocycles. The molecule has 1 aromatic carbocycles. The van der Waals surface area contributed by atoms with Crippen molar-refractivity contribution in [2.75, 3.05) is 0 Å². The van der Waals surface area contributed by atoms with Crippen LogP contribution in [0.1, 0.15) is 11.1 Å². The Morgan fingerprint density at radius 2 is 2.14 bits per heavy atom. The van der Waals surface area contributed by atoms with E-state index in [4.69, 9.17) is 0 Å². The number of benzene rings is 1. The Kier molecular flexibility index (Phi) is 2.28. The van der Waals surface area contributed by atoms with Crippen molar-refractivity contribution in [3.05, 3.63) is 48.0 Å². The van der Waals surface area contributed by atoms with E-state index in [1.807, 2.05) is 31.2 Å². The molecule has 0 atom stereocenters. The van der Waals surface area contributed by atoms with Gasteiger partial charge in [-0.05, 0) is 24.5 Å². The highest BCUT2D eigenvalue weighted by Crippen LogP contribution is 2.03. The highest BCUT2D eigenvalue weighted by Gasteiger charge is 1.90. The number of aromatic nitrogens is 3. The molecular formula is C11H9N3. The summed E-state index contributed by atoms with van der Waals surface area (Å²) < 4.78 is 1.49. The lowest BCUT2D eigenvalue weighted by molar-refractivity contribution is 0.915. The molecule has 0 aliphatic carbocycles. The van der Waals surface area contributed by atoms with Crippen LogP contribution >= 0.6 is 0 Å². The monoisotopic (exact) mass is 183 g/mol. The topological polar surface area (TPSA) is 30.7 Å². The third-order valence-electron chi connectivity index (χ3n) is 1.87. The van der Waals surface area contributed by atoms with Crippen molar-refractivity contribution >= 4 is 0 Å². The quantitative estimate of drug-likeness (QED) is 0.579. The molecule has 0 amide bonds. The van der Waals surface area contributed by atoms with E-state index in [2.05, 4.69) is 22.0 Å². The van der Waals surface area contributed by atoms with Crippen LogP contribution in [0.4, 0.5) is 0 Å². The molecule has 2 rings (SSSR count). The fraction of sp³-hybridized carbons (Fsp3) is 0.0909. The molecule has 0 N–H and O–H groups in total. The molecule has 0 unspecified atom stereocenters. The zero-order valence-corrected chi connectivity index (χ0v) is 7.81. The Bertz CT molecular complexity index is 475. The van der Waals surface area contributed by atoms with Gasteiger partial charge in [-0.1, -0.05) is 18.2 Å². The van der Waals surface area contributed by atoms with Gasteiger partial charge in [-0.2, -0.15) is 4.68 Å². The largest absolute Gasteiger partial charge is 0.222 e. The number of rotatable bonds is 0. The number of aryl methyl sites for hydroxylation is 1. The van der Waals surface area contributed by atoms with Gasteiger partial charge < -0.3 is 0 Å². The summed E-state index contributed by atoms with van der Waals surface area (Å²) >= 11 is 0. The lowest BCUT2D eigenvalue weighted by Gasteiger charge is -1.94. The minimum atomic E-state index is 1.02. The molecule has 1 aromatic heterocycles. The van der Waals surface area contributed by atoms with Crippen molar-refractivity contribution in [1.29, 1.82) is 0 Å². The second-order valence-corrected chi connectivity index (χ2v) is 2.89. The van der Waals surface area contributed by atoms with Gasteiger partial charge in [-0.15, -0.1) is 5.10 Å². The van der Waals surface area contributed by atoms with Gasteiger partial charge in [0.05, 0.1) is 0 Å². The van der Waals surface area contributed by atoms with Gasteiger partial charge in [0.1, 0.15) is 12.7 Å². The van der Waals surface area contributed by atoms with Crippen LogP contribution in [-0.4, -0.2) is 14.8 Å². The maximum Gasteiger partial charge on any atom is 0.138 e. The summed E-state index contributed by atoms with van der Waals surface area (Å²) in [6.07, 6.45) is 3.04. The molecule has 2 aromatic rings. The van der Waals surface area contributed by atoms with Gasteiger partial charge in [-0.25, -0.2) is 4.98 Å². The lowest BCUT2D eigenvalue weighted by Crippen LogP contribution is -1.88. The number of hydrogen-bond acceptors (Lipinski definition) is 2. The molecule has 0 saturated carbocycles. The summed E-state index contributed by atoms with van der Waals surface area (Å²) in [7, 11) is 0. The Morgan fingerprint density at radius 3 is 2.86 bits per heavy atom. The van der Waals surface area contributed by atoms with Crippen molar-refractivity contribution in [2.45, 2.75) is 6.92 Å². The Hall–Kier alpha value is -2.08. The maximum atomic E-state index is 3.89. The molecule has 68 valence electrons. The predicted octanol–water partition coefficient (Wildman–Crippen LogP) is 1.44. The van der Waals surface area contributed by atoms with E-state index in [1.165, 1.54) is 16.6 Å². The summed E-state index contributed by atoms with van der Waals surface area (Å²) in [5.74, 6) is 3.03. The first-order valence-corrected chi connectivity index (χ1v) is 4.28. The Labute approximate surface area is 82.4 Å². The van der Waals surface area contributed by atoms with Crippen molar-refractivity contribution in [3.63, 3.8) is 0 Å². The van der Waals surface area contributed by atoms with Gasteiger partial charge in [0.25, 0.3) is 0 Å². The summed E-state index contributed by atoms with van der Waals surface area (Å²) in [4.78, 5) is 3.81. The zero-order chi connectivity index (χ0) is 9.80. The highest BCUT2D eigenvalue weighted by molar-refractivity contribution is 5.40. The smallest absolute Gasteiger partial charge is 0.138 e. The molecule has 0 spiro atoms. The van der Waals surface area contributed by atoms with Gasteiger partial charge in [0.2, 0.25) is 0 Å². The maximum absolute atomic E-state index is 3.89. The normalized spacial score (nSPS) is 9.21. The minimum Gasteiger partial charge on any atom is -0.222 e. The summed E-state index contributed by atoms with van der Waals surface area (Å²) in [6, 6.07) is 10.9. The first-order valence-electron chi connectivity index (χ1n) is 4.28. The Balaban J connectivity index is 2.31. The molecule has 3 nitrogen and oxygen atoms in total. The summed E-state index contributed by atoms with van der Waals surface area (Å²) in [6.45, 7) is 2.03. The summed E-state index contributed by atoms with van der Waals surface area (Å²) in [5, 5.41) is 3.89. The Morgan fingerprint density at radius 1 is 1.29 bits per heavy atom. The SMILES string of the molecule is Cc1ccccc1C#Cn1cncn1. The van der Waals surface area contributed by atoms with Crippen LogP contribution in [0.25, 0.3) is 0 Å². The molecule has 3 heteroatoms. The standard InChI is InChI=1S/C11H9N3/c1-10-4-2-3-5-11(10)6-7-14-9-12-8-13-14/h2-5,8-9H,1H3. The van der Waals surface area contributed by atoms with Crippen LogP contribution in [0.3, 0.4) is 0 Å². The van der Waals surface area contributed by atoms with Gasteiger partial charge in [-0.3, -0.25) is 0 Å². The van der Waals surface area contributed by atoms with Crippen LogP contribution < -0.4 is 0 Å². The zero-order valence-electron chi connectivity index (χ0n) is 7.81. The van der Waals surface area contributed by atoms with Gasteiger partial charge >= 0.3 is 0 Å². The molecule has 0 radical (unpaired) electrons. The van der Waals surface area contributed by atoms with Gasteiger partial charge in [0, 0.05) is 11.6 Å². The molecule has 0 bridgehead atoms. The third-order valence-corrected chi connectivity index (χ3v) is 1.87. The van der Waals surface area contributed by atoms with Gasteiger partial charge in [0.15, 0.2) is 0 Å². The molecular weight excluding hydrogens is 174 g/mol. The fourth-order valence-corrected chi connectivity index (χ4v) is 1.10. The van der Waals surface area contributed by atoms with Crippen molar-refractivity contribution in [3.8, 4) is 12.0 Å². The minimum absolute atomic E-state index is 1.02. The van der Waals surface area contributed by atoms with Crippen LogP contribution in [-0.2, 0) is 0 Å². The molecule has 0 fully saturated rings. The molecule has 14 heavy (non-hydrogen) atoms. The second kappa shape index (κ2) is 3.75. The first-order chi connectivity index (χ1) is 6.86. The van der Waals surface area contributed by atoms with E-state index in [0.717, 1.165) is 5.56 Å². The van der Waals surface area contributed by atoms with Crippen molar-refractivity contribution < 1.29 is 0 Å². The van der Waals surface area contributed by atoms with Crippen LogP contribution in [0, 0.1) is 18.9 Å². The van der Waals surface area contributed by atoms with E-state index in [1.54, 1.807) is 6.33 Å². The first kappa shape index (κ1) is 8.52. The molecule has 0 aliphatic rings. The van der Waals surface area contributed by atoms with Crippen molar-refractivity contribution in [2.24, 2.45) is 0 Å². The van der Waals surface area contributed by atoms with E-state index in [0.29, 0.717) is 0 Å².